The monoisotopic (exact) mass is 310 g/mol. The summed E-state index contributed by atoms with van der Waals surface area (Å²) in [6.45, 7) is 0. The molecule has 2 aromatic rings. The van der Waals surface area contributed by atoms with E-state index in [1.165, 1.54) is 12.1 Å². The largest absolute Gasteiger partial charge is 0.434 e. The van der Waals surface area contributed by atoms with Gasteiger partial charge in [-0.3, -0.25) is 20.2 Å². The Morgan fingerprint density at radius 1 is 1.10 bits per heavy atom. The van der Waals surface area contributed by atoms with E-state index in [0.717, 1.165) is 18.2 Å². The maximum absolute atomic E-state index is 10.9. The molecule has 10 heteroatoms. The summed E-state index contributed by atoms with van der Waals surface area (Å²) >= 11 is 5.72. The first-order chi connectivity index (χ1) is 9.88. The minimum atomic E-state index is -0.686. The van der Waals surface area contributed by atoms with Crippen LogP contribution in [0.5, 0.6) is 11.6 Å². The minimum absolute atomic E-state index is 0.0311. The zero-order valence-electron chi connectivity index (χ0n) is 10.2. The number of anilines is 1. The van der Waals surface area contributed by atoms with Gasteiger partial charge in [0.2, 0.25) is 0 Å². The van der Waals surface area contributed by atoms with Gasteiger partial charge in [0.1, 0.15) is 16.6 Å². The van der Waals surface area contributed by atoms with Gasteiger partial charge in [-0.15, -0.1) is 0 Å². The van der Waals surface area contributed by atoms with Crippen LogP contribution in [0.15, 0.2) is 30.3 Å². The standard InChI is InChI=1S/C11H7ClN4O5/c12-7-5-6(1-2-8(7)15(17)18)21-11-9(16(19)20)3-4-10(13)14-11/h1-5H,(H2,13,14). The number of nitro benzene ring substituents is 1. The van der Waals surface area contributed by atoms with Crippen molar-refractivity contribution in [2.75, 3.05) is 5.73 Å². The lowest BCUT2D eigenvalue weighted by atomic mass is 10.3. The van der Waals surface area contributed by atoms with E-state index in [9.17, 15) is 20.2 Å². The Bertz CT molecular complexity index is 737. The smallest absolute Gasteiger partial charge is 0.331 e. The highest BCUT2D eigenvalue weighted by atomic mass is 35.5. The summed E-state index contributed by atoms with van der Waals surface area (Å²) in [5.74, 6) is -0.236. The molecule has 2 rings (SSSR count). The SMILES string of the molecule is Nc1ccc([N+](=O)[O-])c(Oc2ccc([N+](=O)[O-])c(Cl)c2)n1. The van der Waals surface area contributed by atoms with Crippen molar-refractivity contribution in [3.05, 3.63) is 55.6 Å². The molecule has 0 spiro atoms. The molecule has 0 aliphatic rings. The Hall–Kier alpha value is -2.94. The van der Waals surface area contributed by atoms with Gasteiger partial charge in [0.15, 0.2) is 0 Å². The van der Waals surface area contributed by atoms with Gasteiger partial charge in [-0.1, -0.05) is 11.6 Å². The molecule has 2 N–H and O–H groups in total. The Morgan fingerprint density at radius 3 is 2.29 bits per heavy atom. The van der Waals surface area contributed by atoms with Gasteiger partial charge in [0, 0.05) is 18.2 Å². The second-order valence-corrected chi connectivity index (χ2v) is 4.20. The van der Waals surface area contributed by atoms with E-state index < -0.39 is 15.5 Å². The Kier molecular flexibility index (Phi) is 3.85. The molecule has 0 aliphatic carbocycles. The van der Waals surface area contributed by atoms with Crippen LogP contribution < -0.4 is 10.5 Å². The molecule has 0 bridgehead atoms. The van der Waals surface area contributed by atoms with Crippen molar-refractivity contribution in [2.24, 2.45) is 0 Å². The van der Waals surface area contributed by atoms with Crippen LogP contribution in [0.1, 0.15) is 0 Å². The van der Waals surface area contributed by atoms with Crippen LogP contribution in [0, 0.1) is 20.2 Å². The molecule has 0 saturated carbocycles. The first-order valence-electron chi connectivity index (χ1n) is 5.41. The van der Waals surface area contributed by atoms with Crippen molar-refractivity contribution in [2.45, 2.75) is 0 Å². The third-order valence-corrected chi connectivity index (χ3v) is 2.69. The lowest BCUT2D eigenvalue weighted by molar-refractivity contribution is -0.386. The number of halogens is 1. The van der Waals surface area contributed by atoms with Crippen LogP contribution in [0.2, 0.25) is 5.02 Å². The summed E-state index contributed by atoms with van der Waals surface area (Å²) in [7, 11) is 0. The first-order valence-corrected chi connectivity index (χ1v) is 5.79. The van der Waals surface area contributed by atoms with Crippen molar-refractivity contribution >= 4 is 28.8 Å². The number of nitrogen functional groups attached to an aromatic ring is 1. The molecule has 1 aromatic carbocycles. The third-order valence-electron chi connectivity index (χ3n) is 2.39. The van der Waals surface area contributed by atoms with Crippen LogP contribution in [-0.2, 0) is 0 Å². The molecule has 0 unspecified atom stereocenters. The number of nitro groups is 2. The normalized spacial score (nSPS) is 10.1. The molecule has 0 radical (unpaired) electrons. The number of aromatic nitrogens is 1. The fraction of sp³-hybridized carbons (Fsp3) is 0. The van der Waals surface area contributed by atoms with Gasteiger partial charge >= 0.3 is 11.6 Å². The van der Waals surface area contributed by atoms with E-state index in [0.29, 0.717) is 0 Å². The number of nitrogens with zero attached hydrogens (tertiary/aromatic N) is 3. The molecule has 0 amide bonds. The van der Waals surface area contributed by atoms with Gasteiger partial charge in [-0.25, -0.2) is 0 Å². The maximum atomic E-state index is 10.9. The second-order valence-electron chi connectivity index (χ2n) is 3.79. The molecular formula is C11H7ClN4O5. The van der Waals surface area contributed by atoms with E-state index >= 15 is 0 Å². The summed E-state index contributed by atoms with van der Waals surface area (Å²) < 4.78 is 5.23. The molecule has 9 nitrogen and oxygen atoms in total. The summed E-state index contributed by atoms with van der Waals surface area (Å²) in [5.41, 5.74) is 4.75. The Labute approximate surface area is 122 Å². The molecule has 108 valence electrons. The summed E-state index contributed by atoms with van der Waals surface area (Å²) in [5, 5.41) is 21.3. The number of hydrogen-bond acceptors (Lipinski definition) is 7. The number of pyridine rings is 1. The number of benzene rings is 1. The number of rotatable bonds is 4. The fourth-order valence-electron chi connectivity index (χ4n) is 1.47. The maximum Gasteiger partial charge on any atom is 0.331 e. The van der Waals surface area contributed by atoms with E-state index in [2.05, 4.69) is 4.98 Å². The molecule has 1 heterocycles. The van der Waals surface area contributed by atoms with Crippen molar-refractivity contribution in [1.82, 2.24) is 4.98 Å². The van der Waals surface area contributed by atoms with Crippen LogP contribution in [0.4, 0.5) is 17.2 Å². The molecular weight excluding hydrogens is 304 g/mol. The van der Waals surface area contributed by atoms with Gasteiger partial charge in [0.25, 0.3) is 5.69 Å². The van der Waals surface area contributed by atoms with E-state index in [1.54, 1.807) is 0 Å². The number of hydrogen-bond donors (Lipinski definition) is 1. The van der Waals surface area contributed by atoms with Crippen LogP contribution in [0.25, 0.3) is 0 Å². The van der Waals surface area contributed by atoms with E-state index in [-0.39, 0.29) is 28.2 Å². The predicted molar refractivity (Wildman–Crippen MR) is 73.5 cm³/mol. The van der Waals surface area contributed by atoms with Crippen LogP contribution in [0.3, 0.4) is 0 Å². The highest BCUT2D eigenvalue weighted by molar-refractivity contribution is 6.32. The third kappa shape index (κ3) is 3.15. The zero-order valence-corrected chi connectivity index (χ0v) is 11.0. The quantitative estimate of drug-likeness (QED) is 0.677. The van der Waals surface area contributed by atoms with Crippen molar-refractivity contribution in [3.63, 3.8) is 0 Å². The van der Waals surface area contributed by atoms with Crippen molar-refractivity contribution in [3.8, 4) is 11.6 Å². The summed E-state index contributed by atoms with van der Waals surface area (Å²) in [4.78, 5) is 23.9. The minimum Gasteiger partial charge on any atom is -0.434 e. The topological polar surface area (TPSA) is 134 Å². The molecule has 0 saturated heterocycles. The average molecular weight is 311 g/mol. The van der Waals surface area contributed by atoms with Crippen LogP contribution in [-0.4, -0.2) is 14.8 Å². The highest BCUT2D eigenvalue weighted by Crippen LogP contribution is 2.34. The average Bonchev–Trinajstić information content (AvgIpc) is 2.37. The molecule has 1 aromatic heterocycles. The van der Waals surface area contributed by atoms with Gasteiger partial charge in [-0.2, -0.15) is 4.98 Å². The Morgan fingerprint density at radius 2 is 1.71 bits per heavy atom. The number of nitrogens with two attached hydrogens (primary N) is 1. The Balaban J connectivity index is 2.38. The highest BCUT2D eigenvalue weighted by Gasteiger charge is 2.19. The molecule has 0 atom stereocenters. The van der Waals surface area contributed by atoms with Crippen molar-refractivity contribution in [1.29, 1.82) is 0 Å². The second kappa shape index (κ2) is 5.59. The summed E-state index contributed by atoms with van der Waals surface area (Å²) in [6.07, 6.45) is 0. The first kappa shape index (κ1) is 14.5. The van der Waals surface area contributed by atoms with Crippen LogP contribution >= 0.6 is 11.6 Å². The molecule has 0 fully saturated rings. The molecule has 0 aliphatic heterocycles. The fourth-order valence-corrected chi connectivity index (χ4v) is 1.71. The zero-order chi connectivity index (χ0) is 15.6. The van der Waals surface area contributed by atoms with Gasteiger partial charge < -0.3 is 10.5 Å². The summed E-state index contributed by atoms with van der Waals surface area (Å²) in [6, 6.07) is 5.93. The lowest BCUT2D eigenvalue weighted by Gasteiger charge is -2.06. The van der Waals surface area contributed by atoms with Crippen molar-refractivity contribution < 1.29 is 14.6 Å². The molecule has 21 heavy (non-hydrogen) atoms. The van der Waals surface area contributed by atoms with E-state index in [1.807, 2.05) is 0 Å². The predicted octanol–water partition coefficient (Wildman–Crippen LogP) is 2.93. The van der Waals surface area contributed by atoms with Gasteiger partial charge in [-0.05, 0) is 12.1 Å². The van der Waals surface area contributed by atoms with E-state index in [4.69, 9.17) is 22.1 Å². The lowest BCUT2D eigenvalue weighted by Crippen LogP contribution is -1.99. The number of ether oxygens (including phenoxy) is 1. The van der Waals surface area contributed by atoms with Gasteiger partial charge in [0.05, 0.1) is 9.85 Å².